The van der Waals surface area contributed by atoms with Gasteiger partial charge in [-0.3, -0.25) is 9.59 Å². The summed E-state index contributed by atoms with van der Waals surface area (Å²) in [5.74, 6) is 0.834. The van der Waals surface area contributed by atoms with E-state index in [2.05, 4.69) is 0 Å². The van der Waals surface area contributed by atoms with Crippen LogP contribution in [-0.4, -0.2) is 23.1 Å². The Morgan fingerprint density at radius 3 is 2.70 bits per heavy atom. The number of amides is 1. The molecule has 1 aliphatic carbocycles. The summed E-state index contributed by atoms with van der Waals surface area (Å²) in [5.41, 5.74) is 9.16. The van der Waals surface area contributed by atoms with Crippen LogP contribution in [-0.2, 0) is 13.0 Å². The molecule has 1 aromatic heterocycles. The van der Waals surface area contributed by atoms with E-state index in [4.69, 9.17) is 26.8 Å². The molecule has 0 saturated heterocycles. The molecule has 2 heterocycles. The molecule has 5 rings (SSSR count). The molecule has 3 aromatic rings. The average Bonchev–Trinajstić information content (AvgIpc) is 3.32. The summed E-state index contributed by atoms with van der Waals surface area (Å²) in [7, 11) is 0. The number of ketones is 1. The predicted octanol–water partition coefficient (Wildman–Crippen LogP) is 3.30. The highest BCUT2D eigenvalue weighted by Crippen LogP contribution is 2.39. The highest BCUT2D eigenvalue weighted by atomic mass is 35.5. The number of hydrogen-bond donors (Lipinski definition) is 1. The lowest BCUT2D eigenvalue weighted by atomic mass is 10.1. The van der Waals surface area contributed by atoms with Crippen LogP contribution in [0.2, 0.25) is 5.02 Å². The van der Waals surface area contributed by atoms with Crippen molar-refractivity contribution in [1.29, 1.82) is 0 Å². The Balaban J connectivity index is 1.70. The maximum atomic E-state index is 12.5. The number of carbonyl (C=O) groups excluding carboxylic acids is 2. The van der Waals surface area contributed by atoms with Crippen molar-refractivity contribution in [3.8, 4) is 11.5 Å². The van der Waals surface area contributed by atoms with Crippen LogP contribution in [0.4, 0.5) is 0 Å². The lowest BCUT2D eigenvalue weighted by Crippen LogP contribution is -2.12. The van der Waals surface area contributed by atoms with Crippen molar-refractivity contribution >= 4 is 34.2 Å². The molecule has 0 spiro atoms. The summed E-state index contributed by atoms with van der Waals surface area (Å²) in [6, 6.07) is 8.86. The Kier molecular flexibility index (Phi) is 3.45. The van der Waals surface area contributed by atoms with Crippen LogP contribution in [0.5, 0.6) is 11.5 Å². The summed E-state index contributed by atoms with van der Waals surface area (Å²) >= 11 is 6.44. The molecule has 2 aliphatic rings. The maximum absolute atomic E-state index is 12.5. The lowest BCUT2D eigenvalue weighted by molar-refractivity contribution is 0.0983. The van der Waals surface area contributed by atoms with Crippen molar-refractivity contribution in [2.24, 2.45) is 5.73 Å². The van der Waals surface area contributed by atoms with Gasteiger partial charge in [-0.2, -0.15) is 0 Å². The SMILES string of the molecule is NC(=O)c1ccc2c3c(n(Cc4cc5c(cc4Cl)OCO5)c2c1)C(=O)CC3. The first-order valence-corrected chi connectivity index (χ1v) is 8.97. The first kappa shape index (κ1) is 16.2. The van der Waals surface area contributed by atoms with Crippen molar-refractivity contribution in [2.75, 3.05) is 6.79 Å². The highest BCUT2D eigenvalue weighted by Gasteiger charge is 2.29. The van der Waals surface area contributed by atoms with Gasteiger partial charge in [-0.1, -0.05) is 17.7 Å². The quantitative estimate of drug-likeness (QED) is 0.753. The molecule has 1 amide bonds. The van der Waals surface area contributed by atoms with Gasteiger partial charge in [0, 0.05) is 40.5 Å². The number of ether oxygens (including phenoxy) is 2. The topological polar surface area (TPSA) is 83.6 Å². The third-order valence-electron chi connectivity index (χ3n) is 5.19. The predicted molar refractivity (Wildman–Crippen MR) is 99.8 cm³/mol. The van der Waals surface area contributed by atoms with Crippen molar-refractivity contribution in [2.45, 2.75) is 19.4 Å². The van der Waals surface area contributed by atoms with E-state index in [0.29, 0.717) is 47.2 Å². The lowest BCUT2D eigenvalue weighted by Gasteiger charge is -2.12. The van der Waals surface area contributed by atoms with Crippen LogP contribution in [0.3, 0.4) is 0 Å². The van der Waals surface area contributed by atoms with Gasteiger partial charge < -0.3 is 19.8 Å². The van der Waals surface area contributed by atoms with Crippen LogP contribution < -0.4 is 15.2 Å². The normalized spacial score (nSPS) is 14.8. The van der Waals surface area contributed by atoms with Crippen molar-refractivity contribution in [3.05, 3.63) is 57.7 Å². The number of aryl methyl sites for hydroxylation is 1. The molecular weight excluding hydrogens is 368 g/mol. The smallest absolute Gasteiger partial charge is 0.248 e. The van der Waals surface area contributed by atoms with Crippen molar-refractivity contribution in [3.63, 3.8) is 0 Å². The average molecular weight is 383 g/mol. The molecule has 7 heteroatoms. The first-order chi connectivity index (χ1) is 13.0. The molecular formula is C20H15ClN2O4. The summed E-state index contributed by atoms with van der Waals surface area (Å²) in [5, 5.41) is 1.50. The molecule has 1 aliphatic heterocycles. The van der Waals surface area contributed by atoms with Gasteiger partial charge in [0.25, 0.3) is 0 Å². The second-order valence-electron chi connectivity index (χ2n) is 6.73. The molecule has 0 atom stereocenters. The number of rotatable bonds is 3. The second kappa shape index (κ2) is 5.76. The number of benzene rings is 2. The Morgan fingerprint density at radius 1 is 1.15 bits per heavy atom. The monoisotopic (exact) mass is 382 g/mol. The minimum absolute atomic E-state index is 0.0960. The van der Waals surface area contributed by atoms with Gasteiger partial charge in [0.15, 0.2) is 17.3 Å². The van der Waals surface area contributed by atoms with E-state index in [1.54, 1.807) is 18.2 Å². The van der Waals surface area contributed by atoms with Crippen molar-refractivity contribution < 1.29 is 19.1 Å². The molecule has 2 N–H and O–H groups in total. The van der Waals surface area contributed by atoms with Gasteiger partial charge >= 0.3 is 0 Å². The fraction of sp³-hybridized carbons (Fsp3) is 0.200. The molecule has 0 bridgehead atoms. The standard InChI is InChI=1S/C20H15ClN2O4/c21-14-7-18-17(26-9-27-18)6-11(14)8-23-15-5-10(20(22)25)1-2-12(15)13-3-4-16(24)19(13)23/h1-2,5-7H,3-4,8-9H2,(H2,22,25). The van der Waals surface area contributed by atoms with E-state index in [1.165, 1.54) is 0 Å². The second-order valence-corrected chi connectivity index (χ2v) is 7.14. The molecule has 0 saturated carbocycles. The van der Waals surface area contributed by atoms with E-state index in [1.807, 2.05) is 16.7 Å². The largest absolute Gasteiger partial charge is 0.454 e. The van der Waals surface area contributed by atoms with E-state index in [9.17, 15) is 9.59 Å². The van der Waals surface area contributed by atoms with E-state index >= 15 is 0 Å². The van der Waals surface area contributed by atoms with Crippen LogP contribution in [0, 0.1) is 0 Å². The van der Waals surface area contributed by atoms with Crippen LogP contribution in [0.1, 0.15) is 38.4 Å². The van der Waals surface area contributed by atoms with Gasteiger partial charge in [0.1, 0.15) is 0 Å². The minimum atomic E-state index is -0.503. The third-order valence-corrected chi connectivity index (χ3v) is 5.54. The molecule has 0 unspecified atom stereocenters. The van der Waals surface area contributed by atoms with Gasteiger partial charge in [-0.05, 0) is 35.7 Å². The highest BCUT2D eigenvalue weighted by molar-refractivity contribution is 6.31. The number of carbonyl (C=O) groups is 2. The fourth-order valence-corrected chi connectivity index (χ4v) is 4.13. The van der Waals surface area contributed by atoms with Crippen molar-refractivity contribution in [1.82, 2.24) is 4.57 Å². The number of nitrogens with zero attached hydrogens (tertiary/aromatic N) is 1. The zero-order valence-corrected chi connectivity index (χ0v) is 15.0. The molecule has 0 fully saturated rings. The Labute approximate surface area is 159 Å². The van der Waals surface area contributed by atoms with Gasteiger partial charge in [0.05, 0.1) is 5.69 Å². The molecule has 0 radical (unpaired) electrons. The molecule has 2 aromatic carbocycles. The summed E-state index contributed by atoms with van der Waals surface area (Å²) in [6.45, 7) is 0.548. The third kappa shape index (κ3) is 2.40. The number of Topliss-reactive ketones (excluding diaryl/α,β-unsaturated/α-hetero) is 1. The number of primary amides is 1. The molecule has 136 valence electrons. The van der Waals surface area contributed by atoms with Crippen LogP contribution >= 0.6 is 11.6 Å². The van der Waals surface area contributed by atoms with Crippen LogP contribution in [0.15, 0.2) is 30.3 Å². The van der Waals surface area contributed by atoms with E-state index in [-0.39, 0.29) is 12.6 Å². The fourth-order valence-electron chi connectivity index (χ4n) is 3.92. The van der Waals surface area contributed by atoms with Gasteiger partial charge in [0.2, 0.25) is 12.7 Å². The number of aromatic nitrogens is 1. The Hall–Kier alpha value is -2.99. The van der Waals surface area contributed by atoms with E-state index in [0.717, 1.165) is 22.0 Å². The van der Waals surface area contributed by atoms with Gasteiger partial charge in [-0.15, -0.1) is 0 Å². The summed E-state index contributed by atoms with van der Waals surface area (Å²) in [6.07, 6.45) is 1.19. The number of halogens is 1. The first-order valence-electron chi connectivity index (χ1n) is 8.59. The minimum Gasteiger partial charge on any atom is -0.454 e. The molecule has 27 heavy (non-hydrogen) atoms. The van der Waals surface area contributed by atoms with E-state index < -0.39 is 5.91 Å². The Morgan fingerprint density at radius 2 is 1.93 bits per heavy atom. The number of hydrogen-bond acceptors (Lipinski definition) is 4. The number of nitrogens with two attached hydrogens (primary N) is 1. The number of fused-ring (bicyclic) bond motifs is 4. The van der Waals surface area contributed by atoms with Gasteiger partial charge in [-0.25, -0.2) is 0 Å². The summed E-state index contributed by atoms with van der Waals surface area (Å²) in [4.78, 5) is 24.2. The zero-order valence-electron chi connectivity index (χ0n) is 14.3. The molecule has 6 nitrogen and oxygen atoms in total. The zero-order chi connectivity index (χ0) is 18.7. The van der Waals surface area contributed by atoms with Crippen LogP contribution in [0.25, 0.3) is 10.9 Å². The summed E-state index contributed by atoms with van der Waals surface area (Å²) < 4.78 is 12.7. The maximum Gasteiger partial charge on any atom is 0.248 e. The Bertz CT molecular complexity index is 1150.